The molecule has 0 aliphatic carbocycles. The average molecular weight is 482 g/mol. The molecule has 2 N–H and O–H groups in total. The number of para-hydroxylation sites is 1. The van der Waals surface area contributed by atoms with Gasteiger partial charge in [0.15, 0.2) is 5.96 Å². The number of hydrogen-bond acceptors (Lipinski definition) is 3. The Labute approximate surface area is 180 Å². The van der Waals surface area contributed by atoms with E-state index >= 15 is 0 Å². The van der Waals surface area contributed by atoms with E-state index in [4.69, 9.17) is 9.73 Å². The lowest BCUT2D eigenvalue weighted by molar-refractivity contribution is 0.409. The van der Waals surface area contributed by atoms with E-state index in [1.807, 2.05) is 32.3 Å². The minimum absolute atomic E-state index is 0. The molecule has 0 unspecified atom stereocenters. The number of nitrogens with zero attached hydrogens (tertiary/aromatic N) is 2. The first-order chi connectivity index (χ1) is 12.6. The minimum Gasteiger partial charge on any atom is -0.496 e. The van der Waals surface area contributed by atoms with Gasteiger partial charge in [-0.25, -0.2) is 4.99 Å². The topological polar surface area (TPSA) is 48.9 Å². The van der Waals surface area contributed by atoms with E-state index < -0.39 is 0 Å². The number of nitrogens with one attached hydrogen (secondary N) is 2. The molecular weight excluding hydrogens is 451 g/mol. The second kappa shape index (κ2) is 12.4. The van der Waals surface area contributed by atoms with Crippen LogP contribution in [0.2, 0.25) is 0 Å². The Morgan fingerprint density at radius 2 is 1.85 bits per heavy atom. The summed E-state index contributed by atoms with van der Waals surface area (Å²) in [4.78, 5) is 6.80. The van der Waals surface area contributed by atoms with Crippen molar-refractivity contribution in [2.45, 2.75) is 19.9 Å². The van der Waals surface area contributed by atoms with Gasteiger partial charge in [0, 0.05) is 32.9 Å². The van der Waals surface area contributed by atoms with E-state index in [9.17, 15) is 0 Å². The van der Waals surface area contributed by atoms with Crippen molar-refractivity contribution in [1.29, 1.82) is 0 Å². The fourth-order valence-electron chi connectivity index (χ4n) is 2.67. The van der Waals surface area contributed by atoms with Gasteiger partial charge in [0.05, 0.1) is 13.7 Å². The first-order valence-corrected chi connectivity index (χ1v) is 9.04. The smallest absolute Gasteiger partial charge is 0.191 e. The van der Waals surface area contributed by atoms with Gasteiger partial charge in [-0.2, -0.15) is 0 Å². The van der Waals surface area contributed by atoms with Gasteiger partial charge in [-0.1, -0.05) is 30.3 Å². The molecule has 6 heteroatoms. The van der Waals surface area contributed by atoms with Crippen molar-refractivity contribution in [2.24, 2.45) is 4.99 Å². The van der Waals surface area contributed by atoms with Gasteiger partial charge in [-0.15, -0.1) is 24.0 Å². The van der Waals surface area contributed by atoms with E-state index in [0.29, 0.717) is 6.54 Å². The molecule has 2 aromatic rings. The summed E-state index contributed by atoms with van der Waals surface area (Å²) in [6.45, 7) is 4.35. The quantitative estimate of drug-likeness (QED) is 0.343. The van der Waals surface area contributed by atoms with Crippen molar-refractivity contribution in [3.63, 3.8) is 0 Å². The molecule has 0 bridgehead atoms. The number of methoxy groups -OCH3 is 1. The maximum absolute atomic E-state index is 5.41. The summed E-state index contributed by atoms with van der Waals surface area (Å²) in [5.74, 6) is 1.76. The van der Waals surface area contributed by atoms with Crippen molar-refractivity contribution < 1.29 is 4.74 Å². The second-order valence-corrected chi connectivity index (χ2v) is 6.25. The molecule has 0 amide bonds. The van der Waals surface area contributed by atoms with Crippen LogP contribution >= 0.6 is 24.0 Å². The summed E-state index contributed by atoms with van der Waals surface area (Å²) >= 11 is 0. The number of benzene rings is 2. The third kappa shape index (κ3) is 7.66. The van der Waals surface area contributed by atoms with Crippen LogP contribution in [0.5, 0.6) is 5.75 Å². The molecule has 0 saturated heterocycles. The number of hydrogen-bond donors (Lipinski definition) is 2. The first kappa shape index (κ1) is 23.1. The number of ether oxygens (including phenoxy) is 1. The van der Waals surface area contributed by atoms with Gasteiger partial charge in [0.25, 0.3) is 0 Å². The molecule has 0 aliphatic rings. The first-order valence-electron chi connectivity index (χ1n) is 9.04. The highest BCUT2D eigenvalue weighted by molar-refractivity contribution is 14.0. The van der Waals surface area contributed by atoms with Crippen molar-refractivity contribution in [3.05, 3.63) is 59.7 Å². The zero-order chi connectivity index (χ0) is 18.8. The molecule has 0 aliphatic heterocycles. The van der Waals surface area contributed by atoms with E-state index in [2.05, 4.69) is 52.8 Å². The largest absolute Gasteiger partial charge is 0.496 e. The zero-order valence-corrected chi connectivity index (χ0v) is 19.0. The average Bonchev–Trinajstić information content (AvgIpc) is 2.66. The molecule has 0 heterocycles. The van der Waals surface area contributed by atoms with Crippen LogP contribution in [0.3, 0.4) is 0 Å². The van der Waals surface area contributed by atoms with Crippen LogP contribution in [-0.4, -0.2) is 40.3 Å². The zero-order valence-electron chi connectivity index (χ0n) is 16.7. The van der Waals surface area contributed by atoms with Crippen LogP contribution in [0.25, 0.3) is 0 Å². The molecule has 27 heavy (non-hydrogen) atoms. The van der Waals surface area contributed by atoms with E-state index in [-0.39, 0.29) is 24.0 Å². The Kier molecular flexibility index (Phi) is 10.6. The number of guanidine groups is 1. The number of halogens is 1. The summed E-state index contributed by atoms with van der Waals surface area (Å²) in [6, 6.07) is 16.6. The van der Waals surface area contributed by atoms with Crippen LogP contribution in [0.15, 0.2) is 53.5 Å². The molecule has 5 nitrogen and oxygen atoms in total. The van der Waals surface area contributed by atoms with Crippen LogP contribution in [-0.2, 0) is 13.0 Å². The van der Waals surface area contributed by atoms with Gasteiger partial charge >= 0.3 is 0 Å². The van der Waals surface area contributed by atoms with E-state index in [1.54, 1.807) is 7.11 Å². The Hall–Kier alpha value is -1.96. The number of rotatable bonds is 8. The van der Waals surface area contributed by atoms with Crippen LogP contribution in [0.1, 0.15) is 18.1 Å². The van der Waals surface area contributed by atoms with Gasteiger partial charge in [-0.05, 0) is 42.7 Å². The lowest BCUT2D eigenvalue weighted by atomic mass is 10.1. The van der Waals surface area contributed by atoms with Gasteiger partial charge < -0.3 is 20.3 Å². The summed E-state index contributed by atoms with van der Waals surface area (Å²) < 4.78 is 5.41. The third-order valence-electron chi connectivity index (χ3n) is 4.07. The monoisotopic (exact) mass is 482 g/mol. The summed E-state index contributed by atoms with van der Waals surface area (Å²) in [7, 11) is 5.80. The molecule has 0 aromatic heterocycles. The maximum atomic E-state index is 5.41. The molecule has 148 valence electrons. The molecule has 0 spiro atoms. The molecule has 0 radical (unpaired) electrons. The highest BCUT2D eigenvalue weighted by atomic mass is 127. The van der Waals surface area contributed by atoms with Crippen LogP contribution < -0.4 is 20.3 Å². The number of anilines is 1. The Morgan fingerprint density at radius 3 is 2.56 bits per heavy atom. The molecule has 2 rings (SSSR count). The Balaban J connectivity index is 0.00000364. The predicted molar refractivity (Wildman–Crippen MR) is 126 cm³/mol. The van der Waals surface area contributed by atoms with Crippen molar-refractivity contribution >= 4 is 35.6 Å². The lowest BCUT2D eigenvalue weighted by Gasteiger charge is -2.14. The Bertz CT molecular complexity index is 719. The van der Waals surface area contributed by atoms with Crippen LogP contribution in [0.4, 0.5) is 5.69 Å². The lowest BCUT2D eigenvalue weighted by Crippen LogP contribution is -2.38. The minimum atomic E-state index is 0. The normalized spacial score (nSPS) is 10.7. The molecule has 0 saturated carbocycles. The highest BCUT2D eigenvalue weighted by Crippen LogP contribution is 2.17. The molecule has 2 aromatic carbocycles. The van der Waals surface area contributed by atoms with E-state index in [1.165, 1.54) is 16.8 Å². The van der Waals surface area contributed by atoms with Gasteiger partial charge in [0.1, 0.15) is 5.75 Å². The second-order valence-electron chi connectivity index (χ2n) is 6.25. The molecular formula is C21H31IN4O. The maximum Gasteiger partial charge on any atom is 0.191 e. The summed E-state index contributed by atoms with van der Waals surface area (Å²) in [5.41, 5.74) is 3.57. The van der Waals surface area contributed by atoms with Crippen LogP contribution in [0, 0.1) is 0 Å². The fraction of sp³-hybridized carbons (Fsp3) is 0.381. The fourth-order valence-corrected chi connectivity index (χ4v) is 2.67. The van der Waals surface area contributed by atoms with Gasteiger partial charge in [0.2, 0.25) is 0 Å². The van der Waals surface area contributed by atoms with Crippen molar-refractivity contribution in [1.82, 2.24) is 10.6 Å². The highest BCUT2D eigenvalue weighted by Gasteiger charge is 2.03. The SMILES string of the molecule is CCNC(=NCc1cccc(N(C)C)c1)NCCc1ccccc1OC.I. The van der Waals surface area contributed by atoms with Crippen molar-refractivity contribution in [3.8, 4) is 5.75 Å². The summed E-state index contributed by atoms with van der Waals surface area (Å²) in [5, 5.41) is 6.70. The summed E-state index contributed by atoms with van der Waals surface area (Å²) in [6.07, 6.45) is 0.880. The molecule has 0 fully saturated rings. The Morgan fingerprint density at radius 1 is 1.07 bits per heavy atom. The van der Waals surface area contributed by atoms with E-state index in [0.717, 1.165) is 31.2 Å². The molecule has 0 atom stereocenters. The third-order valence-corrected chi connectivity index (χ3v) is 4.07. The van der Waals surface area contributed by atoms with Crippen molar-refractivity contribution in [2.75, 3.05) is 39.2 Å². The number of aliphatic imine (C=N–C) groups is 1. The van der Waals surface area contributed by atoms with Gasteiger partial charge in [-0.3, -0.25) is 0 Å². The standard InChI is InChI=1S/C21H30N4O.HI/c1-5-22-21(23-14-13-18-10-6-7-12-20(18)26-4)24-16-17-9-8-11-19(15-17)25(2)3;/h6-12,15H,5,13-14,16H2,1-4H3,(H2,22,23,24);1H. The predicted octanol–water partition coefficient (Wildman–Crippen LogP) is 3.68.